The van der Waals surface area contributed by atoms with Crippen LogP contribution >= 0.6 is 0 Å². The summed E-state index contributed by atoms with van der Waals surface area (Å²) < 4.78 is 5.73. The highest BCUT2D eigenvalue weighted by molar-refractivity contribution is 5.06. The highest BCUT2D eigenvalue weighted by Gasteiger charge is 1.96. The van der Waals surface area contributed by atoms with E-state index in [1.807, 2.05) is 0 Å². The van der Waals surface area contributed by atoms with Gasteiger partial charge in [0.15, 0.2) is 0 Å². The van der Waals surface area contributed by atoms with E-state index >= 15 is 0 Å². The highest BCUT2D eigenvalue weighted by atomic mass is 16.5. The first-order chi connectivity index (χ1) is 16.8. The number of hydrogen-bond donors (Lipinski definition) is 0. The van der Waals surface area contributed by atoms with E-state index in [-0.39, 0.29) is 0 Å². The summed E-state index contributed by atoms with van der Waals surface area (Å²) in [6.45, 7) is 9.42. The van der Waals surface area contributed by atoms with Gasteiger partial charge in [-0.2, -0.15) is 0 Å². The van der Waals surface area contributed by atoms with E-state index in [4.69, 9.17) is 4.74 Å². The van der Waals surface area contributed by atoms with Gasteiger partial charge in [0, 0.05) is 0 Å². The molecule has 0 aliphatic carbocycles. The molecule has 0 spiro atoms. The lowest BCUT2D eigenvalue weighted by atomic mass is 10.0. The van der Waals surface area contributed by atoms with Gasteiger partial charge < -0.3 is 4.74 Å². The quantitative estimate of drug-likeness (QED) is 0.0592. The molecule has 0 amide bonds. The molecule has 0 atom stereocenters. The van der Waals surface area contributed by atoms with Crippen molar-refractivity contribution in [3.63, 3.8) is 0 Å². The summed E-state index contributed by atoms with van der Waals surface area (Å²) in [5.41, 5.74) is 0. The van der Waals surface area contributed by atoms with E-state index < -0.39 is 0 Å². The van der Waals surface area contributed by atoms with E-state index in [9.17, 15) is 0 Å². The van der Waals surface area contributed by atoms with Crippen molar-refractivity contribution in [2.24, 2.45) is 0 Å². The lowest BCUT2D eigenvalue weighted by Crippen LogP contribution is -1.92. The standard InChI is InChI=1S/C33H64O/c1-4-6-8-10-12-13-14-15-16-17-18-19-20-21-22-23-24-25-27-29-31-33(3)34-32-30-28-26-11-9-7-5-2/h29,31H,3-28,30,32H2,1-2H3/b31-29+. The van der Waals surface area contributed by atoms with Gasteiger partial charge in [-0.15, -0.1) is 0 Å². The van der Waals surface area contributed by atoms with Gasteiger partial charge in [-0.1, -0.05) is 174 Å². The molecule has 0 aromatic rings. The van der Waals surface area contributed by atoms with Crippen molar-refractivity contribution in [1.82, 2.24) is 0 Å². The summed E-state index contributed by atoms with van der Waals surface area (Å²) in [6.07, 6.45) is 40.7. The highest BCUT2D eigenvalue weighted by Crippen LogP contribution is 2.15. The van der Waals surface area contributed by atoms with E-state index in [0.717, 1.165) is 18.8 Å². The molecule has 1 nitrogen and oxygen atoms in total. The molecule has 202 valence electrons. The number of allylic oxidation sites excluding steroid dienone is 2. The fraction of sp³-hybridized carbons (Fsp3) is 0.879. The second kappa shape index (κ2) is 30.3. The molecule has 1 heteroatoms. The Hall–Kier alpha value is -0.720. The Kier molecular flexibility index (Phi) is 29.7. The minimum atomic E-state index is 0.830. The molecule has 0 radical (unpaired) electrons. The zero-order chi connectivity index (χ0) is 24.8. The van der Waals surface area contributed by atoms with Crippen LogP contribution in [-0.2, 0) is 4.74 Å². The molecule has 0 unspecified atom stereocenters. The summed E-state index contributed by atoms with van der Waals surface area (Å²) in [4.78, 5) is 0. The largest absolute Gasteiger partial charge is 0.494 e. The fourth-order valence-corrected chi connectivity index (χ4v) is 4.69. The Labute approximate surface area is 216 Å². The molecule has 0 N–H and O–H groups in total. The Morgan fingerprint density at radius 1 is 0.471 bits per heavy atom. The predicted molar refractivity (Wildman–Crippen MR) is 156 cm³/mol. The van der Waals surface area contributed by atoms with Crippen LogP contribution in [0.15, 0.2) is 24.5 Å². The Balaban J connectivity index is 3.18. The number of rotatable bonds is 29. The molecule has 0 bridgehead atoms. The average Bonchev–Trinajstić information content (AvgIpc) is 2.84. The predicted octanol–water partition coefficient (Wildman–Crippen LogP) is 12.3. The van der Waals surface area contributed by atoms with Gasteiger partial charge in [-0.3, -0.25) is 0 Å². The van der Waals surface area contributed by atoms with Gasteiger partial charge in [0.25, 0.3) is 0 Å². The molecule has 34 heavy (non-hydrogen) atoms. The van der Waals surface area contributed by atoms with Crippen LogP contribution in [0, 0.1) is 0 Å². The van der Waals surface area contributed by atoms with Gasteiger partial charge in [-0.25, -0.2) is 0 Å². The van der Waals surface area contributed by atoms with E-state index in [1.165, 1.54) is 161 Å². The zero-order valence-corrected chi connectivity index (χ0v) is 23.9. The Morgan fingerprint density at radius 2 is 0.794 bits per heavy atom. The number of unbranched alkanes of at least 4 members (excludes halogenated alkanes) is 24. The number of hydrogen-bond acceptors (Lipinski definition) is 1. The Bertz CT molecular complexity index is 411. The molecule has 0 saturated heterocycles. The third kappa shape index (κ3) is 29.3. The lowest BCUT2D eigenvalue weighted by Gasteiger charge is -2.05. The second-order valence-electron chi connectivity index (χ2n) is 10.6. The fourth-order valence-electron chi connectivity index (χ4n) is 4.69. The molecule has 0 heterocycles. The minimum absolute atomic E-state index is 0.830. The van der Waals surface area contributed by atoms with Gasteiger partial charge in [0.2, 0.25) is 0 Å². The van der Waals surface area contributed by atoms with Crippen LogP contribution in [-0.4, -0.2) is 6.61 Å². The van der Waals surface area contributed by atoms with Crippen molar-refractivity contribution < 1.29 is 4.74 Å². The van der Waals surface area contributed by atoms with Crippen molar-refractivity contribution >= 4 is 0 Å². The van der Waals surface area contributed by atoms with Crippen LogP contribution in [0.5, 0.6) is 0 Å². The maximum atomic E-state index is 5.73. The van der Waals surface area contributed by atoms with Crippen molar-refractivity contribution in [2.45, 2.75) is 181 Å². The molecule has 0 aromatic carbocycles. The van der Waals surface area contributed by atoms with Crippen LogP contribution in [0.1, 0.15) is 181 Å². The summed E-state index contributed by atoms with van der Waals surface area (Å²) in [6, 6.07) is 0. The molecule has 0 aromatic heterocycles. The van der Waals surface area contributed by atoms with Gasteiger partial charge in [0.05, 0.1) is 6.61 Å². The van der Waals surface area contributed by atoms with Crippen LogP contribution < -0.4 is 0 Å². The average molecular weight is 477 g/mol. The summed E-state index contributed by atoms with van der Waals surface area (Å²) in [7, 11) is 0. The van der Waals surface area contributed by atoms with Crippen molar-refractivity contribution in [3.05, 3.63) is 24.5 Å². The third-order valence-corrected chi connectivity index (χ3v) is 7.06. The monoisotopic (exact) mass is 476 g/mol. The first-order valence-electron chi connectivity index (χ1n) is 15.8. The molecule has 0 aliphatic rings. The molecule has 0 rings (SSSR count). The van der Waals surface area contributed by atoms with Crippen LogP contribution in [0.3, 0.4) is 0 Å². The zero-order valence-electron chi connectivity index (χ0n) is 23.9. The van der Waals surface area contributed by atoms with Crippen LogP contribution in [0.25, 0.3) is 0 Å². The second-order valence-corrected chi connectivity index (χ2v) is 10.6. The van der Waals surface area contributed by atoms with Crippen LogP contribution in [0.4, 0.5) is 0 Å². The van der Waals surface area contributed by atoms with Gasteiger partial charge in [0.1, 0.15) is 5.76 Å². The van der Waals surface area contributed by atoms with Gasteiger partial charge in [-0.05, 0) is 25.3 Å². The maximum absolute atomic E-state index is 5.73. The molecule has 0 saturated carbocycles. The van der Waals surface area contributed by atoms with E-state index in [0.29, 0.717) is 0 Å². The van der Waals surface area contributed by atoms with Crippen molar-refractivity contribution in [2.75, 3.05) is 6.61 Å². The first-order valence-corrected chi connectivity index (χ1v) is 15.8. The molecule has 0 fully saturated rings. The number of ether oxygens (including phenoxy) is 1. The molecule has 0 aliphatic heterocycles. The Morgan fingerprint density at radius 3 is 1.18 bits per heavy atom. The van der Waals surface area contributed by atoms with E-state index in [2.05, 4.69) is 32.6 Å². The summed E-state index contributed by atoms with van der Waals surface area (Å²) in [5.74, 6) is 0.841. The SMILES string of the molecule is C=C(/C=C/CCCCCCCCCCCCCCCCCCCC)OCCCCCCCCC. The van der Waals surface area contributed by atoms with Crippen LogP contribution in [0.2, 0.25) is 0 Å². The third-order valence-electron chi connectivity index (χ3n) is 7.06. The molecular formula is C33H64O. The summed E-state index contributed by atoms with van der Waals surface area (Å²) >= 11 is 0. The van der Waals surface area contributed by atoms with E-state index in [1.54, 1.807) is 0 Å². The smallest absolute Gasteiger partial charge is 0.111 e. The first kappa shape index (κ1) is 33.3. The minimum Gasteiger partial charge on any atom is -0.494 e. The van der Waals surface area contributed by atoms with Gasteiger partial charge >= 0.3 is 0 Å². The lowest BCUT2D eigenvalue weighted by molar-refractivity contribution is 0.218. The maximum Gasteiger partial charge on any atom is 0.111 e. The molecular weight excluding hydrogens is 412 g/mol. The van der Waals surface area contributed by atoms with Crippen molar-refractivity contribution in [1.29, 1.82) is 0 Å². The normalized spacial score (nSPS) is 11.5. The van der Waals surface area contributed by atoms with Crippen molar-refractivity contribution in [3.8, 4) is 0 Å². The topological polar surface area (TPSA) is 9.23 Å². The summed E-state index contributed by atoms with van der Waals surface area (Å²) in [5, 5.41) is 0.